The number of hydrogen-bond acceptors (Lipinski definition) is 5. The van der Waals surface area contributed by atoms with Gasteiger partial charge >= 0.3 is 0 Å². The molecule has 2 aromatic rings. The van der Waals surface area contributed by atoms with Crippen molar-refractivity contribution in [3.8, 4) is 5.75 Å². The van der Waals surface area contributed by atoms with Gasteiger partial charge in [-0.3, -0.25) is 14.5 Å². The molecule has 3 aliphatic rings. The van der Waals surface area contributed by atoms with Gasteiger partial charge in [-0.05, 0) is 43.0 Å². The van der Waals surface area contributed by atoms with E-state index >= 15 is 0 Å². The summed E-state index contributed by atoms with van der Waals surface area (Å²) in [6.07, 6.45) is 1.22. The van der Waals surface area contributed by atoms with E-state index in [1.807, 2.05) is 25.1 Å². The van der Waals surface area contributed by atoms with Crippen LogP contribution in [-0.2, 0) is 29.2 Å². The van der Waals surface area contributed by atoms with Crippen LogP contribution in [0.25, 0.3) is 0 Å². The molecule has 0 spiro atoms. The number of allylic oxidation sites excluding steroid dienone is 1. The maximum absolute atomic E-state index is 13.2. The molecule has 178 valence electrons. The van der Waals surface area contributed by atoms with Crippen molar-refractivity contribution in [3.05, 3.63) is 77.0 Å². The third kappa shape index (κ3) is 4.33. The summed E-state index contributed by atoms with van der Waals surface area (Å²) >= 11 is 0. The van der Waals surface area contributed by atoms with Crippen molar-refractivity contribution in [1.29, 1.82) is 0 Å². The number of ether oxygens (including phenoxy) is 2. The molecule has 0 radical (unpaired) electrons. The van der Waals surface area contributed by atoms with E-state index in [1.165, 1.54) is 5.56 Å². The van der Waals surface area contributed by atoms with E-state index in [4.69, 9.17) is 9.47 Å². The molecular weight excluding hydrogens is 430 g/mol. The number of nitrogens with one attached hydrogen (secondary N) is 1. The largest absolute Gasteiger partial charge is 0.489 e. The lowest BCUT2D eigenvalue weighted by atomic mass is 9.88. The van der Waals surface area contributed by atoms with Gasteiger partial charge < -0.3 is 19.7 Å². The lowest BCUT2D eigenvalue weighted by Crippen LogP contribution is -2.59. The number of fused-ring (bicyclic) bond motifs is 1. The van der Waals surface area contributed by atoms with Crippen LogP contribution in [0.1, 0.15) is 46.8 Å². The Kier molecular flexibility index (Phi) is 6.15. The molecule has 0 unspecified atom stereocenters. The van der Waals surface area contributed by atoms with Crippen molar-refractivity contribution in [2.24, 2.45) is 0 Å². The second kappa shape index (κ2) is 9.24. The zero-order valence-corrected chi connectivity index (χ0v) is 19.6. The smallest absolute Gasteiger partial charge is 0.255 e. The summed E-state index contributed by atoms with van der Waals surface area (Å²) in [6.45, 7) is 10.9. The summed E-state index contributed by atoms with van der Waals surface area (Å²) in [4.78, 5) is 30.0. The van der Waals surface area contributed by atoms with Crippen molar-refractivity contribution in [1.82, 2.24) is 15.1 Å². The first-order valence-electron chi connectivity index (χ1n) is 11.9. The van der Waals surface area contributed by atoms with E-state index in [0.29, 0.717) is 43.0 Å². The number of piperidine rings is 1. The Balaban J connectivity index is 1.25. The molecule has 0 aromatic heterocycles. The number of carbonyl (C=O) groups excluding carboxylic acids is 2. The minimum atomic E-state index is -0.898. The Hall–Kier alpha value is -3.16. The van der Waals surface area contributed by atoms with Crippen LogP contribution < -0.4 is 10.1 Å². The monoisotopic (exact) mass is 461 g/mol. The first kappa shape index (κ1) is 22.6. The lowest BCUT2D eigenvalue weighted by Gasteiger charge is -2.40. The van der Waals surface area contributed by atoms with Crippen LogP contribution in [-0.4, -0.2) is 53.5 Å². The number of rotatable bonds is 6. The van der Waals surface area contributed by atoms with Gasteiger partial charge in [0.1, 0.15) is 17.9 Å². The van der Waals surface area contributed by atoms with Gasteiger partial charge in [-0.1, -0.05) is 36.9 Å². The number of nitrogens with zero attached hydrogens (tertiary/aromatic N) is 2. The average Bonchev–Trinajstić information content (AvgIpc) is 3.20. The molecular formula is C27H31N3O4. The molecule has 3 heterocycles. The van der Waals surface area contributed by atoms with E-state index < -0.39 is 5.54 Å². The average molecular weight is 462 g/mol. The van der Waals surface area contributed by atoms with Gasteiger partial charge in [-0.25, -0.2) is 0 Å². The predicted molar refractivity (Wildman–Crippen MR) is 128 cm³/mol. The van der Waals surface area contributed by atoms with Crippen molar-refractivity contribution in [2.45, 2.75) is 45.0 Å². The molecule has 0 saturated carbocycles. The van der Waals surface area contributed by atoms with Gasteiger partial charge in [0.05, 0.1) is 19.8 Å². The van der Waals surface area contributed by atoms with Crippen molar-refractivity contribution in [3.63, 3.8) is 0 Å². The molecule has 2 amide bonds. The summed E-state index contributed by atoms with van der Waals surface area (Å²) in [6, 6.07) is 14.0. The normalized spacial score (nSPS) is 23.1. The summed E-state index contributed by atoms with van der Waals surface area (Å²) in [5.74, 6) is 0.387. The molecule has 34 heavy (non-hydrogen) atoms. The third-order valence-corrected chi connectivity index (χ3v) is 7.14. The van der Waals surface area contributed by atoms with Crippen LogP contribution in [0.5, 0.6) is 5.75 Å². The number of benzene rings is 2. The van der Waals surface area contributed by atoms with Crippen LogP contribution in [0.4, 0.5) is 0 Å². The Morgan fingerprint density at radius 3 is 2.56 bits per heavy atom. The van der Waals surface area contributed by atoms with Crippen molar-refractivity contribution < 1.29 is 19.1 Å². The Morgan fingerprint density at radius 1 is 1.09 bits per heavy atom. The van der Waals surface area contributed by atoms with Gasteiger partial charge in [-0.2, -0.15) is 0 Å². The summed E-state index contributed by atoms with van der Waals surface area (Å²) in [7, 11) is 0. The van der Waals surface area contributed by atoms with Gasteiger partial charge in [0.2, 0.25) is 5.91 Å². The highest BCUT2D eigenvalue weighted by Crippen LogP contribution is 2.38. The zero-order chi connectivity index (χ0) is 23.7. The van der Waals surface area contributed by atoms with Crippen LogP contribution in [0, 0.1) is 0 Å². The fourth-order valence-corrected chi connectivity index (χ4v) is 4.88. The zero-order valence-electron chi connectivity index (χ0n) is 19.6. The number of morpholine rings is 1. The topological polar surface area (TPSA) is 71.1 Å². The van der Waals surface area contributed by atoms with Crippen molar-refractivity contribution >= 4 is 11.8 Å². The number of carbonyl (C=O) groups is 2. The van der Waals surface area contributed by atoms with E-state index in [-0.39, 0.29) is 11.8 Å². The number of amides is 2. The second-order valence-electron chi connectivity index (χ2n) is 9.50. The highest BCUT2D eigenvalue weighted by Gasteiger charge is 2.48. The van der Waals surface area contributed by atoms with E-state index in [1.54, 1.807) is 4.90 Å². The maximum Gasteiger partial charge on any atom is 0.255 e. The van der Waals surface area contributed by atoms with E-state index in [2.05, 4.69) is 41.1 Å². The molecule has 1 atom stereocenters. The van der Waals surface area contributed by atoms with Gasteiger partial charge in [0.25, 0.3) is 5.91 Å². The summed E-state index contributed by atoms with van der Waals surface area (Å²) in [5.41, 5.74) is 3.60. The maximum atomic E-state index is 13.2. The Morgan fingerprint density at radius 2 is 1.82 bits per heavy atom. The lowest BCUT2D eigenvalue weighted by molar-refractivity contribution is -0.132. The molecule has 0 aliphatic carbocycles. The fourth-order valence-electron chi connectivity index (χ4n) is 4.88. The van der Waals surface area contributed by atoms with Crippen LogP contribution >= 0.6 is 0 Å². The molecule has 1 N–H and O–H groups in total. The molecule has 7 nitrogen and oxygen atoms in total. The summed E-state index contributed by atoms with van der Waals surface area (Å²) < 4.78 is 11.6. The fraction of sp³-hybridized carbons (Fsp3) is 0.407. The highest BCUT2D eigenvalue weighted by molar-refractivity contribution is 6.03. The molecule has 5 rings (SSSR count). The van der Waals surface area contributed by atoms with E-state index in [0.717, 1.165) is 44.0 Å². The van der Waals surface area contributed by atoms with Crippen LogP contribution in [0.15, 0.2) is 54.7 Å². The molecule has 3 aliphatic heterocycles. The predicted octanol–water partition coefficient (Wildman–Crippen LogP) is 3.24. The second-order valence-corrected chi connectivity index (χ2v) is 9.50. The molecule has 2 saturated heterocycles. The first-order valence-corrected chi connectivity index (χ1v) is 11.9. The van der Waals surface area contributed by atoms with Crippen molar-refractivity contribution in [2.75, 3.05) is 26.3 Å². The highest BCUT2D eigenvalue weighted by atomic mass is 16.5. The van der Waals surface area contributed by atoms with Gasteiger partial charge in [0, 0.05) is 36.5 Å². The molecule has 2 aromatic carbocycles. The SMILES string of the molecule is C=C1CC[C@](C)(N2Cc3c(OCc4ccc(CN5CCOCC5)cc4)cccc3C2=O)C(=O)N1. The summed E-state index contributed by atoms with van der Waals surface area (Å²) in [5, 5.41) is 2.82. The standard InChI is InChI=1S/C27H31N3O4/c1-19-10-11-27(2,26(32)28-19)30-17-23-22(25(30)31)4-3-5-24(23)34-18-21-8-6-20(7-9-21)16-29-12-14-33-15-13-29/h3-9H,1,10-18H2,2H3,(H,28,32)/t27-/m0/s1. The van der Waals surface area contributed by atoms with Crippen LogP contribution in [0.3, 0.4) is 0 Å². The number of hydrogen-bond donors (Lipinski definition) is 1. The Bertz CT molecular complexity index is 1110. The van der Waals surface area contributed by atoms with Crippen LogP contribution in [0.2, 0.25) is 0 Å². The minimum Gasteiger partial charge on any atom is -0.489 e. The minimum absolute atomic E-state index is 0.127. The first-order chi connectivity index (χ1) is 16.4. The van der Waals surface area contributed by atoms with E-state index in [9.17, 15) is 9.59 Å². The van der Waals surface area contributed by atoms with Gasteiger partial charge in [0.15, 0.2) is 0 Å². The third-order valence-electron chi connectivity index (χ3n) is 7.14. The van der Waals surface area contributed by atoms with Gasteiger partial charge in [-0.15, -0.1) is 0 Å². The Labute approximate surface area is 200 Å². The quantitative estimate of drug-likeness (QED) is 0.715. The molecule has 2 fully saturated rings. The molecule has 0 bridgehead atoms. The molecule has 7 heteroatoms.